The van der Waals surface area contributed by atoms with E-state index in [1.165, 1.54) is 51.7 Å². The van der Waals surface area contributed by atoms with Crippen LogP contribution in [0.5, 0.6) is 0 Å². The molecule has 2 heteroatoms. The minimum Gasteiger partial charge on any atom is -0.313 e. The Labute approximate surface area is 100 Å². The molecule has 0 bridgehead atoms. The van der Waals surface area contributed by atoms with Crippen molar-refractivity contribution in [3.63, 3.8) is 0 Å². The van der Waals surface area contributed by atoms with Gasteiger partial charge in [0.1, 0.15) is 0 Å². The lowest BCUT2D eigenvalue weighted by Gasteiger charge is -2.35. The summed E-state index contributed by atoms with van der Waals surface area (Å²) < 4.78 is 0. The molecule has 1 fully saturated rings. The summed E-state index contributed by atoms with van der Waals surface area (Å²) in [5.74, 6) is 0.802. The first kappa shape index (κ1) is 12.1. The Morgan fingerprint density at radius 2 is 2.38 bits per heavy atom. The Morgan fingerprint density at radius 3 is 3.06 bits per heavy atom. The molecule has 0 aromatic heterocycles. The van der Waals surface area contributed by atoms with Gasteiger partial charge in [0.15, 0.2) is 0 Å². The molecule has 2 atom stereocenters. The van der Waals surface area contributed by atoms with Crippen LogP contribution in [0.25, 0.3) is 0 Å². The molecule has 1 aliphatic heterocycles. The van der Waals surface area contributed by atoms with Crippen molar-refractivity contribution in [2.45, 2.75) is 45.1 Å². The summed E-state index contributed by atoms with van der Waals surface area (Å²) in [6, 6.07) is 0.748. The van der Waals surface area contributed by atoms with Crippen LogP contribution in [0.15, 0.2) is 11.6 Å². The molecule has 0 saturated carbocycles. The molecule has 2 unspecified atom stereocenters. The first-order valence-corrected chi connectivity index (χ1v) is 6.85. The number of rotatable bonds is 4. The zero-order valence-corrected chi connectivity index (χ0v) is 10.8. The summed E-state index contributed by atoms with van der Waals surface area (Å²) in [6.07, 6.45) is 9.10. The molecule has 2 rings (SSSR count). The van der Waals surface area contributed by atoms with Gasteiger partial charge in [0.25, 0.3) is 0 Å². The van der Waals surface area contributed by atoms with Crippen molar-refractivity contribution in [1.82, 2.24) is 10.2 Å². The van der Waals surface area contributed by atoms with Crippen molar-refractivity contribution in [2.75, 3.05) is 26.7 Å². The van der Waals surface area contributed by atoms with Gasteiger partial charge < -0.3 is 10.2 Å². The number of nitrogens with one attached hydrogen (secondary N) is 1. The number of likely N-dealkylation sites (tertiary alicyclic amines) is 1. The average molecular weight is 222 g/mol. The molecule has 0 radical (unpaired) electrons. The standard InChI is InChI=1S/C14H26N2/c1-12-11-16(2)10-8-14(12)15-9-7-13-5-3-4-6-13/h5,12,14-15H,3-4,6-11H2,1-2H3. The molecule has 0 spiro atoms. The van der Waals surface area contributed by atoms with E-state index < -0.39 is 0 Å². The fraction of sp³-hybridized carbons (Fsp3) is 0.857. The highest BCUT2D eigenvalue weighted by atomic mass is 15.1. The van der Waals surface area contributed by atoms with Gasteiger partial charge in [0.05, 0.1) is 0 Å². The third-order valence-corrected chi connectivity index (χ3v) is 4.10. The molecular weight excluding hydrogens is 196 g/mol. The molecule has 0 amide bonds. The van der Waals surface area contributed by atoms with Crippen LogP contribution in [0.4, 0.5) is 0 Å². The molecule has 1 aliphatic carbocycles. The zero-order chi connectivity index (χ0) is 11.4. The van der Waals surface area contributed by atoms with Crippen molar-refractivity contribution >= 4 is 0 Å². The fourth-order valence-electron chi connectivity index (χ4n) is 3.04. The smallest absolute Gasteiger partial charge is 0.0117 e. The van der Waals surface area contributed by atoms with Gasteiger partial charge >= 0.3 is 0 Å². The first-order chi connectivity index (χ1) is 7.75. The maximum Gasteiger partial charge on any atom is 0.0117 e. The van der Waals surface area contributed by atoms with E-state index in [2.05, 4.69) is 30.3 Å². The van der Waals surface area contributed by atoms with E-state index in [0.717, 1.165) is 12.0 Å². The van der Waals surface area contributed by atoms with E-state index in [0.29, 0.717) is 0 Å². The van der Waals surface area contributed by atoms with Crippen LogP contribution in [-0.2, 0) is 0 Å². The summed E-state index contributed by atoms with van der Waals surface area (Å²) in [7, 11) is 2.23. The summed E-state index contributed by atoms with van der Waals surface area (Å²) in [4.78, 5) is 2.45. The third kappa shape index (κ3) is 3.33. The predicted molar refractivity (Wildman–Crippen MR) is 69.6 cm³/mol. The van der Waals surface area contributed by atoms with Gasteiger partial charge in [-0.15, -0.1) is 0 Å². The molecule has 0 aromatic rings. The normalized spacial score (nSPS) is 31.8. The van der Waals surface area contributed by atoms with E-state index in [1.54, 1.807) is 5.57 Å². The number of hydrogen-bond donors (Lipinski definition) is 1. The van der Waals surface area contributed by atoms with Crippen LogP contribution in [0.1, 0.15) is 39.0 Å². The number of allylic oxidation sites excluding steroid dienone is 1. The second-order valence-corrected chi connectivity index (χ2v) is 5.59. The van der Waals surface area contributed by atoms with Crippen LogP contribution in [0.3, 0.4) is 0 Å². The van der Waals surface area contributed by atoms with Crippen LogP contribution in [0.2, 0.25) is 0 Å². The summed E-state index contributed by atoms with van der Waals surface area (Å²) >= 11 is 0. The summed E-state index contributed by atoms with van der Waals surface area (Å²) in [5.41, 5.74) is 1.69. The van der Waals surface area contributed by atoms with Crippen LogP contribution in [-0.4, -0.2) is 37.6 Å². The second-order valence-electron chi connectivity index (χ2n) is 5.59. The third-order valence-electron chi connectivity index (χ3n) is 4.10. The zero-order valence-electron chi connectivity index (χ0n) is 10.8. The van der Waals surface area contributed by atoms with Gasteiger partial charge in [-0.05, 0) is 58.2 Å². The lowest BCUT2D eigenvalue weighted by Crippen LogP contribution is -2.47. The average Bonchev–Trinajstić information content (AvgIpc) is 2.74. The largest absolute Gasteiger partial charge is 0.313 e. The van der Waals surface area contributed by atoms with Gasteiger partial charge in [-0.25, -0.2) is 0 Å². The van der Waals surface area contributed by atoms with Crippen LogP contribution < -0.4 is 5.32 Å². The molecule has 2 nitrogen and oxygen atoms in total. The van der Waals surface area contributed by atoms with Gasteiger partial charge in [-0.1, -0.05) is 18.6 Å². The Hall–Kier alpha value is -0.340. The Bertz CT molecular complexity index is 247. The SMILES string of the molecule is CC1CN(C)CCC1NCCC1=CCCC1. The Kier molecular flexibility index (Phi) is 4.42. The maximum atomic E-state index is 3.75. The van der Waals surface area contributed by atoms with Crippen molar-refractivity contribution in [3.8, 4) is 0 Å². The molecular formula is C14H26N2. The highest BCUT2D eigenvalue weighted by Gasteiger charge is 2.23. The number of nitrogens with zero attached hydrogens (tertiary/aromatic N) is 1. The number of hydrogen-bond acceptors (Lipinski definition) is 2. The quantitative estimate of drug-likeness (QED) is 0.735. The van der Waals surface area contributed by atoms with Crippen molar-refractivity contribution in [2.24, 2.45) is 5.92 Å². The predicted octanol–water partition coefficient (Wildman–Crippen LogP) is 2.42. The molecule has 0 aromatic carbocycles. The summed E-state index contributed by atoms with van der Waals surface area (Å²) in [6.45, 7) is 6.07. The minimum atomic E-state index is 0.748. The maximum absolute atomic E-state index is 3.75. The highest BCUT2D eigenvalue weighted by Crippen LogP contribution is 2.20. The first-order valence-electron chi connectivity index (χ1n) is 6.85. The van der Waals surface area contributed by atoms with Crippen molar-refractivity contribution in [1.29, 1.82) is 0 Å². The molecule has 1 heterocycles. The highest BCUT2D eigenvalue weighted by molar-refractivity contribution is 5.07. The van der Waals surface area contributed by atoms with E-state index in [1.807, 2.05) is 0 Å². The number of piperidine rings is 1. The second kappa shape index (κ2) is 5.83. The molecule has 92 valence electrons. The van der Waals surface area contributed by atoms with Gasteiger partial charge in [-0.3, -0.25) is 0 Å². The lowest BCUT2D eigenvalue weighted by molar-refractivity contribution is 0.175. The van der Waals surface area contributed by atoms with E-state index in [-0.39, 0.29) is 0 Å². The lowest BCUT2D eigenvalue weighted by atomic mass is 9.94. The fourth-order valence-corrected chi connectivity index (χ4v) is 3.04. The molecule has 1 N–H and O–H groups in total. The summed E-state index contributed by atoms with van der Waals surface area (Å²) in [5, 5.41) is 3.75. The van der Waals surface area contributed by atoms with Crippen LogP contribution >= 0.6 is 0 Å². The van der Waals surface area contributed by atoms with Gasteiger partial charge in [0.2, 0.25) is 0 Å². The molecule has 1 saturated heterocycles. The van der Waals surface area contributed by atoms with E-state index >= 15 is 0 Å². The topological polar surface area (TPSA) is 15.3 Å². The molecule has 16 heavy (non-hydrogen) atoms. The van der Waals surface area contributed by atoms with Crippen molar-refractivity contribution < 1.29 is 0 Å². The van der Waals surface area contributed by atoms with Crippen molar-refractivity contribution in [3.05, 3.63) is 11.6 Å². The Balaban J connectivity index is 1.65. The van der Waals surface area contributed by atoms with Gasteiger partial charge in [-0.2, -0.15) is 0 Å². The van der Waals surface area contributed by atoms with E-state index in [9.17, 15) is 0 Å². The van der Waals surface area contributed by atoms with Crippen LogP contribution in [0, 0.1) is 5.92 Å². The van der Waals surface area contributed by atoms with Gasteiger partial charge in [0, 0.05) is 12.6 Å². The monoisotopic (exact) mass is 222 g/mol. The van der Waals surface area contributed by atoms with E-state index in [4.69, 9.17) is 0 Å². The molecule has 2 aliphatic rings. The minimum absolute atomic E-state index is 0.748. The Morgan fingerprint density at radius 1 is 1.50 bits per heavy atom.